The van der Waals surface area contributed by atoms with Gasteiger partial charge in [0.25, 0.3) is 11.8 Å². The summed E-state index contributed by atoms with van der Waals surface area (Å²) in [6.45, 7) is 3.59. The number of fused-ring (bicyclic) bond motifs is 1. The molecule has 30 heavy (non-hydrogen) atoms. The number of amides is 2. The standard InChI is InChI=1S/C21H23N5O4/c1-14-18(19-22-7-4-8-26(19)23-14)21(28)25-11-9-24(10-12-25)20(27)15-5-6-16(29-2)17(13-15)30-3/h4-8,13H,9-12H2,1-3H3. The van der Waals surface area contributed by atoms with Gasteiger partial charge in [-0.3, -0.25) is 9.59 Å². The fourth-order valence-electron chi connectivity index (χ4n) is 3.67. The maximum absolute atomic E-state index is 13.1. The molecule has 1 saturated heterocycles. The molecule has 3 aromatic rings. The van der Waals surface area contributed by atoms with Crippen LogP contribution in [0.5, 0.6) is 11.5 Å². The van der Waals surface area contributed by atoms with Crippen LogP contribution in [0.25, 0.3) is 5.65 Å². The number of nitrogens with zero attached hydrogens (tertiary/aromatic N) is 5. The second-order valence-electron chi connectivity index (χ2n) is 7.00. The molecule has 1 aliphatic heterocycles. The monoisotopic (exact) mass is 409 g/mol. The van der Waals surface area contributed by atoms with Crippen LogP contribution in [0, 0.1) is 6.92 Å². The van der Waals surface area contributed by atoms with Crippen molar-refractivity contribution in [2.24, 2.45) is 0 Å². The number of aromatic nitrogens is 3. The number of methoxy groups -OCH3 is 2. The molecule has 0 saturated carbocycles. The Balaban J connectivity index is 1.46. The van der Waals surface area contributed by atoms with Gasteiger partial charge in [-0.25, -0.2) is 9.50 Å². The van der Waals surface area contributed by atoms with Crippen LogP contribution in [-0.4, -0.2) is 76.6 Å². The van der Waals surface area contributed by atoms with Crippen molar-refractivity contribution in [1.82, 2.24) is 24.4 Å². The molecule has 0 atom stereocenters. The van der Waals surface area contributed by atoms with Crippen molar-refractivity contribution >= 4 is 17.5 Å². The molecule has 0 unspecified atom stereocenters. The molecule has 156 valence electrons. The highest BCUT2D eigenvalue weighted by Crippen LogP contribution is 2.28. The number of hydrogen-bond acceptors (Lipinski definition) is 6. The molecule has 9 nitrogen and oxygen atoms in total. The SMILES string of the molecule is COc1ccc(C(=O)N2CCN(C(=O)c3c(C)nn4cccnc34)CC2)cc1OC. The average molecular weight is 409 g/mol. The van der Waals surface area contributed by atoms with E-state index < -0.39 is 0 Å². The maximum Gasteiger partial charge on any atom is 0.259 e. The van der Waals surface area contributed by atoms with E-state index in [1.165, 1.54) is 7.11 Å². The van der Waals surface area contributed by atoms with E-state index in [1.54, 1.807) is 65.0 Å². The minimum absolute atomic E-state index is 0.100. The molecule has 3 heterocycles. The number of rotatable bonds is 4. The highest BCUT2D eigenvalue weighted by atomic mass is 16.5. The van der Waals surface area contributed by atoms with Crippen molar-refractivity contribution in [3.05, 3.63) is 53.5 Å². The second-order valence-corrected chi connectivity index (χ2v) is 7.00. The van der Waals surface area contributed by atoms with Gasteiger partial charge in [-0.1, -0.05) is 0 Å². The fraction of sp³-hybridized carbons (Fsp3) is 0.333. The zero-order chi connectivity index (χ0) is 21.3. The molecule has 0 N–H and O–H groups in total. The number of hydrogen-bond donors (Lipinski definition) is 0. The summed E-state index contributed by atoms with van der Waals surface area (Å²) < 4.78 is 12.1. The number of carbonyl (C=O) groups is 2. The summed E-state index contributed by atoms with van der Waals surface area (Å²) in [4.78, 5) is 33.8. The third kappa shape index (κ3) is 3.42. The van der Waals surface area contributed by atoms with Crippen LogP contribution in [0.4, 0.5) is 0 Å². The molecule has 1 aromatic carbocycles. The Labute approximate surface area is 173 Å². The Kier molecular flexibility index (Phi) is 5.26. The van der Waals surface area contributed by atoms with E-state index in [9.17, 15) is 9.59 Å². The number of carbonyl (C=O) groups excluding carboxylic acids is 2. The summed E-state index contributed by atoms with van der Waals surface area (Å²) in [5.74, 6) is 0.867. The molecule has 2 aromatic heterocycles. The Morgan fingerprint density at radius 1 is 0.967 bits per heavy atom. The number of piperazine rings is 1. The molecule has 1 aliphatic rings. The molecule has 9 heteroatoms. The Morgan fingerprint density at radius 3 is 2.30 bits per heavy atom. The molecule has 0 spiro atoms. The summed E-state index contributed by atoms with van der Waals surface area (Å²) in [5, 5.41) is 4.36. The maximum atomic E-state index is 13.1. The van der Waals surface area contributed by atoms with Crippen LogP contribution in [0.1, 0.15) is 26.4 Å². The van der Waals surface area contributed by atoms with Crippen LogP contribution in [0.2, 0.25) is 0 Å². The summed E-state index contributed by atoms with van der Waals surface area (Å²) >= 11 is 0. The Morgan fingerprint density at radius 2 is 1.63 bits per heavy atom. The molecular formula is C21H23N5O4. The summed E-state index contributed by atoms with van der Waals surface area (Å²) in [6.07, 6.45) is 3.42. The number of ether oxygens (including phenoxy) is 2. The van der Waals surface area contributed by atoms with E-state index in [4.69, 9.17) is 9.47 Å². The smallest absolute Gasteiger partial charge is 0.259 e. The van der Waals surface area contributed by atoms with Gasteiger partial charge in [0.15, 0.2) is 17.1 Å². The van der Waals surface area contributed by atoms with E-state index in [0.29, 0.717) is 60.1 Å². The Bertz CT molecular complexity index is 1100. The second kappa shape index (κ2) is 8.02. The topological polar surface area (TPSA) is 89.3 Å². The minimum atomic E-state index is -0.112. The van der Waals surface area contributed by atoms with Gasteiger partial charge in [0.1, 0.15) is 5.56 Å². The van der Waals surface area contributed by atoms with Crippen LogP contribution >= 0.6 is 0 Å². The first-order valence-electron chi connectivity index (χ1n) is 9.64. The van der Waals surface area contributed by atoms with Crippen LogP contribution in [0.15, 0.2) is 36.7 Å². The molecule has 4 rings (SSSR count). The first kappa shape index (κ1) is 19.7. The lowest BCUT2D eigenvalue weighted by Gasteiger charge is -2.34. The molecule has 0 aliphatic carbocycles. The molecule has 1 fully saturated rings. The van der Waals surface area contributed by atoms with Gasteiger partial charge in [0.2, 0.25) is 0 Å². The van der Waals surface area contributed by atoms with Crippen molar-refractivity contribution in [2.75, 3.05) is 40.4 Å². The van der Waals surface area contributed by atoms with Gasteiger partial charge in [-0.05, 0) is 31.2 Å². The third-order valence-electron chi connectivity index (χ3n) is 5.27. The van der Waals surface area contributed by atoms with Crippen LogP contribution in [-0.2, 0) is 0 Å². The van der Waals surface area contributed by atoms with Gasteiger partial charge < -0.3 is 19.3 Å². The molecule has 0 radical (unpaired) electrons. The summed E-state index contributed by atoms with van der Waals surface area (Å²) in [5.41, 5.74) is 2.22. The van der Waals surface area contributed by atoms with E-state index in [-0.39, 0.29) is 11.8 Å². The minimum Gasteiger partial charge on any atom is -0.493 e. The predicted molar refractivity (Wildman–Crippen MR) is 109 cm³/mol. The van der Waals surface area contributed by atoms with Crippen LogP contribution in [0.3, 0.4) is 0 Å². The lowest BCUT2D eigenvalue weighted by Crippen LogP contribution is -2.50. The summed E-state index contributed by atoms with van der Waals surface area (Å²) in [7, 11) is 3.09. The fourth-order valence-corrected chi connectivity index (χ4v) is 3.67. The quantitative estimate of drug-likeness (QED) is 0.651. The first-order chi connectivity index (χ1) is 14.5. The lowest BCUT2D eigenvalue weighted by atomic mass is 10.1. The largest absolute Gasteiger partial charge is 0.493 e. The van der Waals surface area contributed by atoms with Crippen molar-refractivity contribution in [3.8, 4) is 11.5 Å². The van der Waals surface area contributed by atoms with E-state index in [0.717, 1.165) is 0 Å². The third-order valence-corrected chi connectivity index (χ3v) is 5.27. The van der Waals surface area contributed by atoms with Gasteiger partial charge in [0, 0.05) is 44.1 Å². The zero-order valence-electron chi connectivity index (χ0n) is 17.2. The van der Waals surface area contributed by atoms with Crippen molar-refractivity contribution in [1.29, 1.82) is 0 Å². The predicted octanol–water partition coefficient (Wildman–Crippen LogP) is 1.65. The molecule has 0 bridgehead atoms. The molecule has 2 amide bonds. The van der Waals surface area contributed by atoms with E-state index in [2.05, 4.69) is 10.1 Å². The average Bonchev–Trinajstić information content (AvgIpc) is 3.13. The zero-order valence-corrected chi connectivity index (χ0v) is 17.2. The van der Waals surface area contributed by atoms with E-state index in [1.807, 2.05) is 0 Å². The Hall–Kier alpha value is -3.62. The number of aryl methyl sites for hydroxylation is 1. The normalized spacial score (nSPS) is 14.1. The van der Waals surface area contributed by atoms with Gasteiger partial charge in [-0.2, -0.15) is 5.10 Å². The highest BCUT2D eigenvalue weighted by Gasteiger charge is 2.29. The summed E-state index contributed by atoms with van der Waals surface area (Å²) in [6, 6.07) is 6.88. The van der Waals surface area contributed by atoms with Crippen molar-refractivity contribution < 1.29 is 19.1 Å². The number of benzene rings is 1. The highest BCUT2D eigenvalue weighted by molar-refractivity contribution is 6.01. The van der Waals surface area contributed by atoms with Crippen molar-refractivity contribution in [3.63, 3.8) is 0 Å². The van der Waals surface area contributed by atoms with Crippen LogP contribution < -0.4 is 9.47 Å². The molecular weight excluding hydrogens is 386 g/mol. The van der Waals surface area contributed by atoms with E-state index >= 15 is 0 Å². The van der Waals surface area contributed by atoms with Gasteiger partial charge >= 0.3 is 0 Å². The first-order valence-corrected chi connectivity index (χ1v) is 9.64. The van der Waals surface area contributed by atoms with Crippen molar-refractivity contribution in [2.45, 2.75) is 6.92 Å². The lowest BCUT2D eigenvalue weighted by molar-refractivity contribution is 0.0535. The van der Waals surface area contributed by atoms with Gasteiger partial charge in [-0.15, -0.1) is 0 Å². The van der Waals surface area contributed by atoms with Gasteiger partial charge in [0.05, 0.1) is 19.9 Å².